The number of hydrogen-bond donors (Lipinski definition) is 1. The van der Waals surface area contributed by atoms with Gasteiger partial charge in [0.1, 0.15) is 4.90 Å². The van der Waals surface area contributed by atoms with Gasteiger partial charge in [-0.1, -0.05) is 11.6 Å². The molecule has 0 saturated carbocycles. The van der Waals surface area contributed by atoms with Gasteiger partial charge >= 0.3 is 0 Å². The first kappa shape index (κ1) is 23.5. The molecule has 168 valence electrons. The molecule has 0 spiro atoms. The largest absolute Gasteiger partial charge is 0.377 e. The van der Waals surface area contributed by atoms with Gasteiger partial charge in [-0.3, -0.25) is 9.69 Å². The molecule has 3 rings (SSSR count). The minimum absolute atomic E-state index is 0.0509. The Balaban J connectivity index is 1.73. The zero-order valence-corrected chi connectivity index (χ0v) is 19.6. The van der Waals surface area contributed by atoms with Crippen LogP contribution in [0.3, 0.4) is 0 Å². The molecule has 2 aliphatic heterocycles. The molecule has 1 N–H and O–H groups in total. The van der Waals surface area contributed by atoms with Gasteiger partial charge in [0.2, 0.25) is 10.0 Å². The molecule has 0 bridgehead atoms. The molecule has 1 aromatic rings. The highest BCUT2D eigenvalue weighted by atomic mass is 35.5. The zero-order chi connectivity index (χ0) is 21.9. The van der Waals surface area contributed by atoms with Crippen LogP contribution < -0.4 is 4.72 Å². The Labute approximate surface area is 184 Å². The first-order valence-electron chi connectivity index (χ1n) is 10.5. The molecule has 30 heavy (non-hydrogen) atoms. The van der Waals surface area contributed by atoms with Crippen molar-refractivity contribution in [2.45, 2.75) is 56.6 Å². The van der Waals surface area contributed by atoms with Crippen molar-refractivity contribution in [1.82, 2.24) is 14.5 Å². The number of nitrogens with zero attached hydrogens (tertiary/aromatic N) is 2. The average molecular weight is 458 g/mol. The number of amides is 1. The van der Waals surface area contributed by atoms with Crippen molar-refractivity contribution in [3.05, 3.63) is 28.8 Å². The molecule has 0 radical (unpaired) electrons. The van der Waals surface area contributed by atoms with E-state index in [2.05, 4.69) is 30.4 Å². The van der Waals surface area contributed by atoms with E-state index in [9.17, 15) is 13.2 Å². The molecule has 2 saturated heterocycles. The van der Waals surface area contributed by atoms with Crippen molar-refractivity contribution in [1.29, 1.82) is 0 Å². The van der Waals surface area contributed by atoms with Crippen molar-refractivity contribution in [3.8, 4) is 0 Å². The van der Waals surface area contributed by atoms with Crippen LogP contribution in [0.25, 0.3) is 0 Å². The van der Waals surface area contributed by atoms with Gasteiger partial charge in [-0.25, -0.2) is 13.1 Å². The highest BCUT2D eigenvalue weighted by Crippen LogP contribution is 2.24. The maximum atomic E-state index is 13.1. The molecular formula is C21H32ClN3O4S. The van der Waals surface area contributed by atoms with E-state index in [0.717, 1.165) is 32.4 Å². The summed E-state index contributed by atoms with van der Waals surface area (Å²) in [5.74, 6) is -0.169. The molecule has 2 heterocycles. The second kappa shape index (κ2) is 9.53. The molecule has 0 aromatic heterocycles. The summed E-state index contributed by atoms with van der Waals surface area (Å²) in [5, 5.41) is 0.0983. The molecule has 1 aromatic carbocycles. The molecule has 2 aliphatic rings. The van der Waals surface area contributed by atoms with Crippen molar-refractivity contribution in [2.75, 3.05) is 39.3 Å². The van der Waals surface area contributed by atoms with Crippen LogP contribution in [0, 0.1) is 0 Å². The maximum Gasteiger partial charge on any atom is 0.253 e. The fraction of sp³-hybridized carbons (Fsp3) is 0.667. The van der Waals surface area contributed by atoms with Crippen LogP contribution in [0.4, 0.5) is 0 Å². The van der Waals surface area contributed by atoms with Gasteiger partial charge in [-0.15, -0.1) is 0 Å². The normalized spacial score (nSPS) is 21.6. The Bertz CT molecular complexity index is 863. The van der Waals surface area contributed by atoms with E-state index < -0.39 is 10.0 Å². The van der Waals surface area contributed by atoms with Crippen LogP contribution in [0.5, 0.6) is 0 Å². The minimum atomic E-state index is -3.84. The van der Waals surface area contributed by atoms with Crippen molar-refractivity contribution in [2.24, 2.45) is 0 Å². The van der Waals surface area contributed by atoms with Gasteiger partial charge in [0, 0.05) is 50.4 Å². The van der Waals surface area contributed by atoms with Gasteiger partial charge in [0.15, 0.2) is 0 Å². The standard InChI is InChI=1S/C21H32ClN3O4S/c1-21(2,3)25-10-5-9-24(11-12-25)20(26)16-7-8-18(22)19(14-16)30(27,28)23-15-17-6-4-13-29-17/h7-8,14,17,23H,4-6,9-13,15H2,1-3H3. The van der Waals surface area contributed by atoms with E-state index in [1.165, 1.54) is 12.1 Å². The average Bonchev–Trinajstić information content (AvgIpc) is 3.07. The highest BCUT2D eigenvalue weighted by Gasteiger charge is 2.28. The van der Waals surface area contributed by atoms with Crippen molar-refractivity contribution in [3.63, 3.8) is 0 Å². The zero-order valence-electron chi connectivity index (χ0n) is 18.0. The molecule has 1 amide bonds. The molecule has 9 heteroatoms. The van der Waals surface area contributed by atoms with E-state index in [1.54, 1.807) is 11.0 Å². The van der Waals surface area contributed by atoms with Gasteiger partial charge in [0.05, 0.1) is 11.1 Å². The lowest BCUT2D eigenvalue weighted by atomic mass is 10.1. The summed E-state index contributed by atoms with van der Waals surface area (Å²) in [6.07, 6.45) is 2.52. The summed E-state index contributed by atoms with van der Waals surface area (Å²) in [4.78, 5) is 17.2. The van der Waals surface area contributed by atoms with E-state index in [0.29, 0.717) is 25.3 Å². The third-order valence-corrected chi connectivity index (χ3v) is 7.63. The van der Waals surface area contributed by atoms with Crippen LogP contribution in [0.15, 0.2) is 23.1 Å². The Morgan fingerprint density at radius 1 is 1.20 bits per heavy atom. The summed E-state index contributed by atoms with van der Waals surface area (Å²) < 4.78 is 33.6. The fourth-order valence-electron chi connectivity index (χ4n) is 3.90. The van der Waals surface area contributed by atoms with Crippen molar-refractivity contribution < 1.29 is 17.9 Å². The third-order valence-electron chi connectivity index (χ3n) is 5.72. The van der Waals surface area contributed by atoms with E-state index in [4.69, 9.17) is 16.3 Å². The lowest BCUT2D eigenvalue weighted by molar-refractivity contribution is 0.0749. The van der Waals surface area contributed by atoms with E-state index >= 15 is 0 Å². The Kier molecular flexibility index (Phi) is 7.45. The summed E-state index contributed by atoms with van der Waals surface area (Å²) in [7, 11) is -3.84. The number of halogens is 1. The predicted octanol–water partition coefficient (Wildman–Crippen LogP) is 2.74. The van der Waals surface area contributed by atoms with Gasteiger partial charge in [0.25, 0.3) is 5.91 Å². The van der Waals surface area contributed by atoms with E-state index in [-0.39, 0.29) is 34.0 Å². The lowest BCUT2D eigenvalue weighted by Crippen LogP contribution is -2.44. The topological polar surface area (TPSA) is 79.0 Å². The van der Waals surface area contributed by atoms with Crippen LogP contribution >= 0.6 is 11.6 Å². The Morgan fingerprint density at radius 2 is 1.97 bits per heavy atom. The number of nitrogens with one attached hydrogen (secondary N) is 1. The minimum Gasteiger partial charge on any atom is -0.377 e. The number of hydrogen-bond acceptors (Lipinski definition) is 5. The summed E-state index contributed by atoms with van der Waals surface area (Å²) in [6.45, 7) is 10.3. The fourth-order valence-corrected chi connectivity index (χ4v) is 5.49. The maximum absolute atomic E-state index is 13.1. The molecule has 0 aliphatic carbocycles. The predicted molar refractivity (Wildman–Crippen MR) is 117 cm³/mol. The first-order valence-corrected chi connectivity index (χ1v) is 12.4. The Hall–Kier alpha value is -1.19. The first-order chi connectivity index (χ1) is 14.1. The Morgan fingerprint density at radius 3 is 2.63 bits per heavy atom. The van der Waals surface area contributed by atoms with Gasteiger partial charge < -0.3 is 9.64 Å². The molecule has 2 fully saturated rings. The summed E-state index contributed by atoms with van der Waals surface area (Å²) >= 11 is 6.18. The highest BCUT2D eigenvalue weighted by molar-refractivity contribution is 7.89. The quantitative estimate of drug-likeness (QED) is 0.735. The summed E-state index contributed by atoms with van der Waals surface area (Å²) in [6, 6.07) is 4.46. The number of sulfonamides is 1. The summed E-state index contributed by atoms with van der Waals surface area (Å²) in [5.41, 5.74) is 0.385. The molecular weight excluding hydrogens is 426 g/mol. The second-order valence-electron chi connectivity index (χ2n) is 8.94. The van der Waals surface area contributed by atoms with Crippen molar-refractivity contribution >= 4 is 27.5 Å². The van der Waals surface area contributed by atoms with Crippen LogP contribution in [0.1, 0.15) is 50.4 Å². The number of benzene rings is 1. The number of rotatable bonds is 5. The van der Waals surface area contributed by atoms with Crippen LogP contribution in [-0.4, -0.2) is 75.1 Å². The third kappa shape index (κ3) is 5.73. The number of carbonyl (C=O) groups is 1. The van der Waals surface area contributed by atoms with Crippen LogP contribution in [-0.2, 0) is 14.8 Å². The lowest BCUT2D eigenvalue weighted by Gasteiger charge is -2.34. The van der Waals surface area contributed by atoms with Gasteiger partial charge in [-0.05, 0) is 58.2 Å². The molecule has 7 nitrogen and oxygen atoms in total. The molecule has 1 atom stereocenters. The van der Waals surface area contributed by atoms with Crippen LogP contribution in [0.2, 0.25) is 5.02 Å². The van der Waals surface area contributed by atoms with Gasteiger partial charge in [-0.2, -0.15) is 0 Å². The van der Waals surface area contributed by atoms with E-state index in [1.807, 2.05) is 0 Å². The number of ether oxygens (including phenoxy) is 1. The SMILES string of the molecule is CC(C)(C)N1CCCN(C(=O)c2ccc(Cl)c(S(=O)(=O)NCC3CCCO3)c2)CC1. The second-order valence-corrected chi connectivity index (χ2v) is 11.1. The monoisotopic (exact) mass is 457 g/mol. The number of carbonyl (C=O) groups excluding carboxylic acids is 1. The molecule has 1 unspecified atom stereocenters. The smallest absolute Gasteiger partial charge is 0.253 e.